The molecule has 0 unspecified atom stereocenters. The Bertz CT molecular complexity index is 379. The van der Waals surface area contributed by atoms with Gasteiger partial charge >= 0.3 is 0 Å². The van der Waals surface area contributed by atoms with E-state index in [1.165, 1.54) is 4.68 Å². The molecule has 1 amide bonds. The molecule has 0 aromatic carbocycles. The molecule has 0 radical (unpaired) electrons. The second-order valence-electron chi connectivity index (χ2n) is 5.42. The Morgan fingerprint density at radius 1 is 1.53 bits per heavy atom. The Balaban J connectivity index is 2.54. The van der Waals surface area contributed by atoms with Crippen LogP contribution in [0.2, 0.25) is 0 Å². The maximum Gasteiger partial charge on any atom is 0.244 e. The van der Waals surface area contributed by atoms with Gasteiger partial charge in [-0.15, -0.1) is 5.10 Å². The Hall–Kier alpha value is -1.43. The lowest BCUT2D eigenvalue weighted by Gasteiger charge is -2.26. The number of rotatable bonds is 4. The molecule has 96 valence electrons. The first-order chi connectivity index (χ1) is 7.81. The van der Waals surface area contributed by atoms with Crippen LogP contribution in [0.5, 0.6) is 0 Å². The molecule has 0 saturated heterocycles. The third-order valence-corrected chi connectivity index (χ3v) is 2.23. The van der Waals surface area contributed by atoms with E-state index in [2.05, 4.69) is 31.1 Å². The number of hydrogen-bond acceptors (Lipinski definition) is 4. The highest BCUT2D eigenvalue weighted by molar-refractivity contribution is 5.75. The fraction of sp³-hybridized carbons (Fsp3) is 0.727. The van der Waals surface area contributed by atoms with Crippen molar-refractivity contribution in [2.75, 3.05) is 13.6 Å². The predicted molar refractivity (Wildman–Crippen MR) is 65.0 cm³/mol. The smallest absolute Gasteiger partial charge is 0.244 e. The first-order valence-electron chi connectivity index (χ1n) is 5.65. The number of carbonyl (C=O) groups is 1. The summed E-state index contributed by atoms with van der Waals surface area (Å²) in [6, 6.07) is 0. The van der Waals surface area contributed by atoms with Crippen LogP contribution >= 0.6 is 0 Å². The van der Waals surface area contributed by atoms with Gasteiger partial charge in [-0.05, 0) is 5.41 Å². The molecule has 0 saturated carbocycles. The van der Waals surface area contributed by atoms with Crippen molar-refractivity contribution in [2.45, 2.75) is 33.9 Å². The number of nitrogens with two attached hydrogens (primary N) is 1. The van der Waals surface area contributed by atoms with E-state index in [1.54, 1.807) is 18.1 Å². The van der Waals surface area contributed by atoms with Crippen molar-refractivity contribution in [3.05, 3.63) is 11.9 Å². The number of nitrogens with zero attached hydrogens (tertiary/aromatic N) is 4. The van der Waals surface area contributed by atoms with Gasteiger partial charge in [-0.3, -0.25) is 4.79 Å². The Labute approximate surface area is 102 Å². The van der Waals surface area contributed by atoms with Gasteiger partial charge in [0.2, 0.25) is 5.91 Å². The maximum atomic E-state index is 11.9. The lowest BCUT2D eigenvalue weighted by molar-refractivity contribution is -0.131. The van der Waals surface area contributed by atoms with Gasteiger partial charge in [0, 0.05) is 20.1 Å². The van der Waals surface area contributed by atoms with Crippen molar-refractivity contribution in [3.8, 4) is 0 Å². The molecule has 2 N–H and O–H groups in total. The third kappa shape index (κ3) is 4.52. The summed E-state index contributed by atoms with van der Waals surface area (Å²) in [5, 5.41) is 7.68. The molecule has 0 atom stereocenters. The van der Waals surface area contributed by atoms with Gasteiger partial charge in [0.1, 0.15) is 6.54 Å². The molecule has 6 heteroatoms. The van der Waals surface area contributed by atoms with E-state index >= 15 is 0 Å². The molecule has 17 heavy (non-hydrogen) atoms. The summed E-state index contributed by atoms with van der Waals surface area (Å²) in [6.07, 6.45) is 1.70. The zero-order chi connectivity index (χ0) is 13.1. The zero-order valence-corrected chi connectivity index (χ0v) is 11.0. The summed E-state index contributed by atoms with van der Waals surface area (Å²) in [4.78, 5) is 13.6. The number of hydrogen-bond donors (Lipinski definition) is 1. The van der Waals surface area contributed by atoms with E-state index in [4.69, 9.17) is 5.73 Å². The van der Waals surface area contributed by atoms with E-state index in [0.717, 1.165) is 0 Å². The van der Waals surface area contributed by atoms with Crippen LogP contribution in [-0.2, 0) is 17.9 Å². The Morgan fingerprint density at radius 2 is 2.18 bits per heavy atom. The minimum Gasteiger partial charge on any atom is -0.344 e. The van der Waals surface area contributed by atoms with Gasteiger partial charge in [0.15, 0.2) is 0 Å². The van der Waals surface area contributed by atoms with Crippen molar-refractivity contribution in [3.63, 3.8) is 0 Å². The molecule has 0 aliphatic rings. The first kappa shape index (κ1) is 13.6. The van der Waals surface area contributed by atoms with Gasteiger partial charge in [0.25, 0.3) is 0 Å². The van der Waals surface area contributed by atoms with Crippen molar-refractivity contribution in [2.24, 2.45) is 11.1 Å². The SMILES string of the molecule is CN(CC(C)(C)C)C(=O)Cn1cc(CN)nn1. The molecular weight excluding hydrogens is 218 g/mol. The summed E-state index contributed by atoms with van der Waals surface area (Å²) in [5.74, 6) is 0.0217. The molecule has 6 nitrogen and oxygen atoms in total. The molecule has 1 aromatic rings. The highest BCUT2D eigenvalue weighted by Crippen LogP contribution is 2.14. The fourth-order valence-corrected chi connectivity index (χ4v) is 1.57. The van der Waals surface area contributed by atoms with Gasteiger partial charge in [-0.25, -0.2) is 4.68 Å². The molecule has 1 heterocycles. The van der Waals surface area contributed by atoms with E-state index in [1.807, 2.05) is 0 Å². The lowest BCUT2D eigenvalue weighted by Crippen LogP contribution is -2.36. The summed E-state index contributed by atoms with van der Waals surface area (Å²) in [7, 11) is 1.80. The second-order valence-corrected chi connectivity index (χ2v) is 5.42. The summed E-state index contributed by atoms with van der Waals surface area (Å²) in [5.41, 5.74) is 6.21. The number of aromatic nitrogens is 3. The highest BCUT2D eigenvalue weighted by Gasteiger charge is 2.18. The summed E-state index contributed by atoms with van der Waals surface area (Å²) < 4.78 is 1.52. The van der Waals surface area contributed by atoms with Crippen LogP contribution in [0.1, 0.15) is 26.5 Å². The third-order valence-electron chi connectivity index (χ3n) is 2.23. The number of amides is 1. The van der Waals surface area contributed by atoms with E-state index in [9.17, 15) is 4.79 Å². The molecular formula is C11H21N5O. The van der Waals surface area contributed by atoms with Crippen LogP contribution in [0.4, 0.5) is 0 Å². The zero-order valence-electron chi connectivity index (χ0n) is 11.0. The molecule has 1 aromatic heterocycles. The molecule has 0 fully saturated rings. The standard InChI is InChI=1S/C11H21N5O/c1-11(2,3)8-15(4)10(17)7-16-6-9(5-12)13-14-16/h6H,5,7-8,12H2,1-4H3. The topological polar surface area (TPSA) is 77.0 Å². The highest BCUT2D eigenvalue weighted by atomic mass is 16.2. The predicted octanol–water partition coefficient (Wildman–Crippen LogP) is 0.241. The molecule has 0 spiro atoms. The lowest BCUT2D eigenvalue weighted by atomic mass is 9.96. The van der Waals surface area contributed by atoms with Crippen LogP contribution in [0.3, 0.4) is 0 Å². The molecule has 0 aliphatic carbocycles. The minimum atomic E-state index is 0.0217. The molecule has 0 aliphatic heterocycles. The van der Waals surface area contributed by atoms with E-state index in [0.29, 0.717) is 18.8 Å². The maximum absolute atomic E-state index is 11.9. The van der Waals surface area contributed by atoms with Crippen molar-refractivity contribution in [1.29, 1.82) is 0 Å². The Kier molecular flexibility index (Phi) is 4.22. The van der Waals surface area contributed by atoms with Crippen LogP contribution in [-0.4, -0.2) is 39.4 Å². The van der Waals surface area contributed by atoms with Crippen molar-refractivity contribution < 1.29 is 4.79 Å². The van der Waals surface area contributed by atoms with Crippen LogP contribution < -0.4 is 5.73 Å². The van der Waals surface area contributed by atoms with Crippen LogP contribution in [0, 0.1) is 5.41 Å². The average molecular weight is 239 g/mol. The monoisotopic (exact) mass is 239 g/mol. The normalized spacial score (nSPS) is 11.6. The van der Waals surface area contributed by atoms with Crippen LogP contribution in [0.25, 0.3) is 0 Å². The van der Waals surface area contributed by atoms with Crippen molar-refractivity contribution in [1.82, 2.24) is 19.9 Å². The van der Waals surface area contributed by atoms with E-state index < -0.39 is 0 Å². The summed E-state index contributed by atoms with van der Waals surface area (Å²) in [6.45, 7) is 7.55. The summed E-state index contributed by atoms with van der Waals surface area (Å²) >= 11 is 0. The van der Waals surface area contributed by atoms with Gasteiger partial charge in [-0.1, -0.05) is 26.0 Å². The molecule has 0 bridgehead atoms. The second kappa shape index (κ2) is 5.27. The first-order valence-corrected chi connectivity index (χ1v) is 5.65. The van der Waals surface area contributed by atoms with Gasteiger partial charge in [0.05, 0.1) is 11.9 Å². The largest absolute Gasteiger partial charge is 0.344 e. The minimum absolute atomic E-state index is 0.0217. The number of likely N-dealkylation sites (N-methyl/N-ethyl adjacent to an activating group) is 1. The molecule has 1 rings (SSSR count). The number of carbonyl (C=O) groups excluding carboxylic acids is 1. The van der Waals surface area contributed by atoms with E-state index in [-0.39, 0.29) is 17.9 Å². The Morgan fingerprint density at radius 3 is 2.65 bits per heavy atom. The van der Waals surface area contributed by atoms with Crippen molar-refractivity contribution >= 4 is 5.91 Å². The van der Waals surface area contributed by atoms with Gasteiger partial charge in [-0.2, -0.15) is 0 Å². The van der Waals surface area contributed by atoms with Crippen LogP contribution in [0.15, 0.2) is 6.20 Å². The average Bonchev–Trinajstić information content (AvgIpc) is 2.62. The fourth-order valence-electron chi connectivity index (χ4n) is 1.57. The quantitative estimate of drug-likeness (QED) is 0.816. The van der Waals surface area contributed by atoms with Gasteiger partial charge < -0.3 is 10.6 Å².